The first-order valence-corrected chi connectivity index (χ1v) is 1.89. The molecule has 0 fully saturated rings. The van der Waals surface area contributed by atoms with Crippen molar-refractivity contribution in [2.75, 3.05) is 6.61 Å². The molecule has 0 aliphatic heterocycles. The zero-order chi connectivity index (χ0) is 6.41. The first kappa shape index (κ1) is 6.72. The fourth-order valence-corrected chi connectivity index (χ4v) is 0.158. The van der Waals surface area contributed by atoms with Crippen LogP contribution in [-0.4, -0.2) is 18.6 Å². The van der Waals surface area contributed by atoms with Gasteiger partial charge in [0.15, 0.2) is 0 Å². The Morgan fingerprint density at radius 1 is 1.88 bits per heavy atom. The maximum Gasteiger partial charge on any atom is 0.404 e. The van der Waals surface area contributed by atoms with E-state index in [4.69, 9.17) is 0 Å². The van der Waals surface area contributed by atoms with Crippen LogP contribution in [0.2, 0.25) is 0 Å². The van der Waals surface area contributed by atoms with Crippen molar-refractivity contribution in [2.45, 2.75) is 0 Å². The molecule has 4 nitrogen and oxygen atoms in total. The third kappa shape index (κ3) is 4.72. The Kier molecular flexibility index (Phi) is 3.27. The molecule has 8 heavy (non-hydrogen) atoms. The summed E-state index contributed by atoms with van der Waals surface area (Å²) in [5, 5.41) is 0. The molecule has 0 saturated carbocycles. The normalized spacial score (nSPS) is 7.00. The Hall–Kier alpha value is -1.28. The predicted octanol–water partition coefficient (Wildman–Crippen LogP) is -0.530. The minimum Gasteiger partial charge on any atom is -0.445 e. The van der Waals surface area contributed by atoms with Gasteiger partial charge in [0.25, 0.3) is 0 Å². The molecule has 0 spiro atoms. The summed E-state index contributed by atoms with van der Waals surface area (Å²) in [6.45, 7) is -0.0984. The summed E-state index contributed by atoms with van der Waals surface area (Å²) in [5.74, 6) is 1.42. The molecule has 0 aliphatic carbocycles. The molecule has 0 bridgehead atoms. The highest BCUT2D eigenvalue weighted by Crippen LogP contribution is 1.70. The molecule has 2 N–H and O–H groups in total. The van der Waals surface area contributed by atoms with E-state index in [9.17, 15) is 9.59 Å². The van der Waals surface area contributed by atoms with Crippen molar-refractivity contribution in [1.82, 2.24) is 0 Å². The second-order valence-corrected chi connectivity index (χ2v) is 0.952. The summed E-state index contributed by atoms with van der Waals surface area (Å²) in [5.41, 5.74) is 4.52. The number of rotatable bonds is 2. The van der Waals surface area contributed by atoms with Crippen LogP contribution in [0.25, 0.3) is 0 Å². The minimum absolute atomic E-state index is 0.0984. The third-order valence-electron chi connectivity index (χ3n) is 0.392. The molecule has 1 amide bonds. The molecule has 0 saturated heterocycles. The molecule has 0 heterocycles. The standard InChI is InChI=1S/C4H5NO3/c5-4(7)8-3-1-2-6/h1H,3H2,(H2,5,7). The van der Waals surface area contributed by atoms with Crippen LogP contribution in [0.3, 0.4) is 0 Å². The summed E-state index contributed by atoms with van der Waals surface area (Å²) >= 11 is 0. The first-order valence-electron chi connectivity index (χ1n) is 1.89. The van der Waals surface area contributed by atoms with Gasteiger partial charge in [-0.3, -0.25) is 0 Å². The van der Waals surface area contributed by atoms with Gasteiger partial charge in [0.1, 0.15) is 12.5 Å². The molecule has 4 heteroatoms. The third-order valence-corrected chi connectivity index (χ3v) is 0.392. The van der Waals surface area contributed by atoms with E-state index < -0.39 is 6.09 Å². The Bertz CT molecular complexity index is 123. The van der Waals surface area contributed by atoms with Gasteiger partial charge in [-0.15, -0.1) is 0 Å². The monoisotopic (exact) mass is 115 g/mol. The van der Waals surface area contributed by atoms with Crippen LogP contribution in [0, 0.1) is 0 Å². The lowest BCUT2D eigenvalue weighted by Gasteiger charge is -1.89. The van der Waals surface area contributed by atoms with Crippen molar-refractivity contribution in [3.05, 3.63) is 6.08 Å². The number of primary amides is 1. The van der Waals surface area contributed by atoms with Crippen LogP contribution in [0.5, 0.6) is 0 Å². The van der Waals surface area contributed by atoms with Crippen molar-refractivity contribution in [3.63, 3.8) is 0 Å². The number of amides is 1. The van der Waals surface area contributed by atoms with Gasteiger partial charge in [0.2, 0.25) is 0 Å². The molecule has 0 atom stereocenters. The molecular weight excluding hydrogens is 110 g/mol. The Morgan fingerprint density at radius 2 is 2.50 bits per heavy atom. The van der Waals surface area contributed by atoms with Gasteiger partial charge in [-0.2, -0.15) is 0 Å². The lowest BCUT2D eigenvalue weighted by Crippen LogP contribution is -2.12. The average molecular weight is 115 g/mol. The second kappa shape index (κ2) is 3.89. The molecule has 0 rings (SSSR count). The van der Waals surface area contributed by atoms with Gasteiger partial charge in [0, 0.05) is 6.08 Å². The predicted molar refractivity (Wildman–Crippen MR) is 25.8 cm³/mol. The number of hydrogen-bond donors (Lipinski definition) is 1. The Balaban J connectivity index is 3.18. The lowest BCUT2D eigenvalue weighted by atomic mass is 10.7. The van der Waals surface area contributed by atoms with Gasteiger partial charge >= 0.3 is 6.09 Å². The van der Waals surface area contributed by atoms with Crippen LogP contribution < -0.4 is 5.73 Å². The summed E-state index contributed by atoms with van der Waals surface area (Å²) < 4.78 is 4.10. The average Bonchev–Trinajstić information content (AvgIpc) is 1.66. The SMILES string of the molecule is NC(=O)OCC=C=O. The topological polar surface area (TPSA) is 69.4 Å². The van der Waals surface area contributed by atoms with Gasteiger partial charge in [-0.25, -0.2) is 9.59 Å². The molecule has 0 aromatic carbocycles. The molecule has 0 aliphatic rings. The van der Waals surface area contributed by atoms with E-state index >= 15 is 0 Å². The van der Waals surface area contributed by atoms with Crippen LogP contribution >= 0.6 is 0 Å². The minimum atomic E-state index is -0.892. The highest BCUT2D eigenvalue weighted by molar-refractivity contribution is 5.64. The highest BCUT2D eigenvalue weighted by Gasteiger charge is 1.85. The quantitative estimate of drug-likeness (QED) is 0.492. The zero-order valence-electron chi connectivity index (χ0n) is 4.09. The van der Waals surface area contributed by atoms with Crippen LogP contribution in [0.4, 0.5) is 4.79 Å². The fourth-order valence-electron chi connectivity index (χ4n) is 0.158. The van der Waals surface area contributed by atoms with E-state index in [1.54, 1.807) is 0 Å². The summed E-state index contributed by atoms with van der Waals surface area (Å²) in [6, 6.07) is 0. The van der Waals surface area contributed by atoms with Gasteiger partial charge in [-0.1, -0.05) is 0 Å². The van der Waals surface area contributed by atoms with E-state index in [1.165, 1.54) is 5.94 Å². The van der Waals surface area contributed by atoms with Crippen molar-refractivity contribution in [2.24, 2.45) is 5.73 Å². The van der Waals surface area contributed by atoms with Gasteiger partial charge in [-0.05, 0) is 0 Å². The molecule has 0 radical (unpaired) electrons. The van der Waals surface area contributed by atoms with Crippen molar-refractivity contribution in [3.8, 4) is 0 Å². The first-order chi connectivity index (χ1) is 3.77. The van der Waals surface area contributed by atoms with E-state index in [0.717, 1.165) is 6.08 Å². The summed E-state index contributed by atoms with van der Waals surface area (Å²) in [6.07, 6.45) is 0.126. The maximum absolute atomic E-state index is 9.72. The van der Waals surface area contributed by atoms with E-state index in [-0.39, 0.29) is 6.61 Å². The van der Waals surface area contributed by atoms with E-state index in [1.807, 2.05) is 0 Å². The van der Waals surface area contributed by atoms with Gasteiger partial charge in [0.05, 0.1) is 0 Å². The number of ether oxygens (including phenoxy) is 1. The van der Waals surface area contributed by atoms with Crippen LogP contribution in [0.15, 0.2) is 6.08 Å². The zero-order valence-corrected chi connectivity index (χ0v) is 4.09. The Labute approximate surface area is 45.9 Å². The van der Waals surface area contributed by atoms with E-state index in [0.29, 0.717) is 0 Å². The number of carbonyl (C=O) groups excluding carboxylic acids is 2. The lowest BCUT2D eigenvalue weighted by molar-refractivity contribution is 0.169. The maximum atomic E-state index is 9.72. The van der Waals surface area contributed by atoms with Crippen LogP contribution in [-0.2, 0) is 9.53 Å². The molecule has 44 valence electrons. The van der Waals surface area contributed by atoms with E-state index in [2.05, 4.69) is 10.5 Å². The molecule has 0 unspecified atom stereocenters. The molecular formula is C4H5NO3. The second-order valence-electron chi connectivity index (χ2n) is 0.952. The van der Waals surface area contributed by atoms with Crippen molar-refractivity contribution >= 4 is 12.0 Å². The van der Waals surface area contributed by atoms with Crippen molar-refractivity contribution < 1.29 is 14.3 Å². The Morgan fingerprint density at radius 3 is 2.88 bits per heavy atom. The number of carbonyl (C=O) groups is 1. The summed E-state index contributed by atoms with van der Waals surface area (Å²) in [4.78, 5) is 19.1. The molecule has 0 aromatic rings. The summed E-state index contributed by atoms with van der Waals surface area (Å²) in [7, 11) is 0. The van der Waals surface area contributed by atoms with Crippen LogP contribution in [0.1, 0.15) is 0 Å². The van der Waals surface area contributed by atoms with Crippen molar-refractivity contribution in [1.29, 1.82) is 0 Å². The smallest absolute Gasteiger partial charge is 0.404 e. The number of hydrogen-bond acceptors (Lipinski definition) is 3. The number of nitrogens with two attached hydrogens (primary N) is 1. The fraction of sp³-hybridized carbons (Fsp3) is 0.250. The highest BCUT2D eigenvalue weighted by atomic mass is 16.5. The van der Waals surface area contributed by atoms with Gasteiger partial charge < -0.3 is 10.5 Å². The largest absolute Gasteiger partial charge is 0.445 e. The molecule has 0 aromatic heterocycles.